The summed E-state index contributed by atoms with van der Waals surface area (Å²) in [7, 11) is -4.40. The molecule has 0 radical (unpaired) electrons. The Morgan fingerprint density at radius 3 is 2.64 bits per heavy atom. The molecule has 0 aromatic heterocycles. The SMILES string of the molecule is N#Cc1c(F)cccc1S(=O)(=O)NC(=O)COCc1ccccc1Cl. The minimum atomic E-state index is -4.40. The van der Waals surface area contributed by atoms with Crippen molar-refractivity contribution in [2.24, 2.45) is 0 Å². The van der Waals surface area contributed by atoms with Crippen molar-refractivity contribution < 1.29 is 22.3 Å². The predicted molar refractivity (Wildman–Crippen MR) is 87.6 cm³/mol. The average Bonchev–Trinajstić information content (AvgIpc) is 2.56. The third kappa shape index (κ3) is 4.76. The zero-order valence-electron chi connectivity index (χ0n) is 12.7. The third-order valence-corrected chi connectivity index (χ3v) is 4.86. The van der Waals surface area contributed by atoms with Gasteiger partial charge in [-0.05, 0) is 23.8 Å². The van der Waals surface area contributed by atoms with Gasteiger partial charge in [0, 0.05) is 5.02 Å². The van der Waals surface area contributed by atoms with Gasteiger partial charge in [-0.3, -0.25) is 4.79 Å². The summed E-state index contributed by atoms with van der Waals surface area (Å²) in [5.74, 6) is -1.95. The highest BCUT2D eigenvalue weighted by Crippen LogP contribution is 2.18. The van der Waals surface area contributed by atoms with Gasteiger partial charge in [0.1, 0.15) is 29.0 Å². The Hall–Kier alpha value is -2.47. The molecule has 130 valence electrons. The van der Waals surface area contributed by atoms with Gasteiger partial charge in [-0.2, -0.15) is 5.26 Å². The summed E-state index contributed by atoms with van der Waals surface area (Å²) < 4.78 is 44.6. The first-order valence-corrected chi connectivity index (χ1v) is 8.76. The Labute approximate surface area is 148 Å². The number of nitrogens with one attached hydrogen (secondary N) is 1. The number of nitriles is 1. The van der Waals surface area contributed by atoms with Crippen molar-refractivity contribution in [3.63, 3.8) is 0 Å². The number of rotatable bonds is 6. The molecule has 0 saturated carbocycles. The molecule has 0 fully saturated rings. The van der Waals surface area contributed by atoms with Crippen LogP contribution in [0, 0.1) is 17.1 Å². The zero-order chi connectivity index (χ0) is 18.4. The third-order valence-electron chi connectivity index (χ3n) is 3.07. The first-order chi connectivity index (χ1) is 11.8. The minimum absolute atomic E-state index is 0.0105. The van der Waals surface area contributed by atoms with Crippen LogP contribution in [0.4, 0.5) is 4.39 Å². The van der Waals surface area contributed by atoms with Crippen LogP contribution >= 0.6 is 11.6 Å². The molecular weight excluding hydrogens is 371 g/mol. The molecule has 0 saturated heterocycles. The fourth-order valence-electron chi connectivity index (χ4n) is 1.94. The number of amides is 1. The quantitative estimate of drug-likeness (QED) is 0.827. The smallest absolute Gasteiger partial charge is 0.265 e. The van der Waals surface area contributed by atoms with Crippen molar-refractivity contribution in [3.8, 4) is 6.07 Å². The van der Waals surface area contributed by atoms with Gasteiger partial charge in [0.2, 0.25) is 0 Å². The largest absolute Gasteiger partial charge is 0.367 e. The number of carbonyl (C=O) groups excluding carboxylic acids is 1. The summed E-state index contributed by atoms with van der Waals surface area (Å²) >= 11 is 5.93. The highest BCUT2D eigenvalue weighted by molar-refractivity contribution is 7.90. The van der Waals surface area contributed by atoms with Gasteiger partial charge in [-0.25, -0.2) is 17.5 Å². The van der Waals surface area contributed by atoms with E-state index in [1.165, 1.54) is 6.07 Å². The van der Waals surface area contributed by atoms with E-state index in [9.17, 15) is 17.6 Å². The highest BCUT2D eigenvalue weighted by atomic mass is 35.5. The Morgan fingerprint density at radius 2 is 1.96 bits per heavy atom. The van der Waals surface area contributed by atoms with Crippen LogP contribution in [-0.2, 0) is 26.2 Å². The maximum Gasteiger partial charge on any atom is 0.265 e. The maximum atomic E-state index is 13.5. The summed E-state index contributed by atoms with van der Waals surface area (Å²) in [6, 6.07) is 11.4. The van der Waals surface area contributed by atoms with E-state index in [0.29, 0.717) is 10.6 Å². The van der Waals surface area contributed by atoms with E-state index in [1.54, 1.807) is 29.0 Å². The van der Waals surface area contributed by atoms with Crippen LogP contribution in [0.1, 0.15) is 11.1 Å². The van der Waals surface area contributed by atoms with Gasteiger partial charge in [-0.1, -0.05) is 35.9 Å². The van der Waals surface area contributed by atoms with E-state index in [-0.39, 0.29) is 6.61 Å². The molecular formula is C16H12ClFN2O4S. The Kier molecular flexibility index (Phi) is 6.09. The first-order valence-electron chi connectivity index (χ1n) is 6.90. The van der Waals surface area contributed by atoms with Crippen molar-refractivity contribution in [3.05, 3.63) is 64.4 Å². The zero-order valence-corrected chi connectivity index (χ0v) is 14.3. The van der Waals surface area contributed by atoms with E-state index in [4.69, 9.17) is 21.6 Å². The second kappa shape index (κ2) is 8.07. The van der Waals surface area contributed by atoms with Crippen LogP contribution in [0.2, 0.25) is 5.02 Å². The fourth-order valence-corrected chi connectivity index (χ4v) is 3.27. The predicted octanol–water partition coefficient (Wildman–Crippen LogP) is 2.37. The number of hydrogen-bond donors (Lipinski definition) is 1. The number of hydrogen-bond acceptors (Lipinski definition) is 5. The fraction of sp³-hybridized carbons (Fsp3) is 0.125. The van der Waals surface area contributed by atoms with Crippen molar-refractivity contribution in [1.29, 1.82) is 5.26 Å². The van der Waals surface area contributed by atoms with E-state index in [2.05, 4.69) is 0 Å². The Balaban J connectivity index is 2.02. The van der Waals surface area contributed by atoms with E-state index < -0.39 is 38.8 Å². The first kappa shape index (κ1) is 18.9. The average molecular weight is 383 g/mol. The number of benzene rings is 2. The van der Waals surface area contributed by atoms with Crippen molar-refractivity contribution in [2.45, 2.75) is 11.5 Å². The lowest BCUT2D eigenvalue weighted by atomic mass is 10.2. The summed E-state index contributed by atoms with van der Waals surface area (Å²) in [5, 5.41) is 9.34. The molecule has 1 N–H and O–H groups in total. The lowest BCUT2D eigenvalue weighted by Gasteiger charge is -2.09. The molecule has 25 heavy (non-hydrogen) atoms. The second-order valence-corrected chi connectivity index (χ2v) is 6.90. The molecule has 2 aromatic rings. The van der Waals surface area contributed by atoms with Crippen LogP contribution in [0.5, 0.6) is 0 Å². The molecule has 0 unspecified atom stereocenters. The molecule has 9 heteroatoms. The normalized spacial score (nSPS) is 10.9. The van der Waals surface area contributed by atoms with Gasteiger partial charge in [0.15, 0.2) is 0 Å². The lowest BCUT2D eigenvalue weighted by Crippen LogP contribution is -2.34. The summed E-state index contributed by atoms with van der Waals surface area (Å²) in [4.78, 5) is 11.2. The minimum Gasteiger partial charge on any atom is -0.367 e. The number of ether oxygens (including phenoxy) is 1. The van der Waals surface area contributed by atoms with Crippen LogP contribution in [0.3, 0.4) is 0 Å². The lowest BCUT2D eigenvalue weighted by molar-refractivity contribution is -0.124. The topological polar surface area (TPSA) is 96.3 Å². The van der Waals surface area contributed by atoms with E-state index in [0.717, 1.165) is 18.2 Å². The monoisotopic (exact) mass is 382 g/mol. The summed E-state index contributed by atoms with van der Waals surface area (Å²) in [6.45, 7) is -0.543. The maximum absolute atomic E-state index is 13.5. The summed E-state index contributed by atoms with van der Waals surface area (Å²) in [6.07, 6.45) is 0. The molecule has 2 rings (SSSR count). The van der Waals surface area contributed by atoms with Crippen molar-refractivity contribution >= 4 is 27.5 Å². The molecule has 0 bridgehead atoms. The van der Waals surface area contributed by atoms with Gasteiger partial charge < -0.3 is 4.74 Å². The van der Waals surface area contributed by atoms with Gasteiger partial charge >= 0.3 is 0 Å². The molecule has 0 spiro atoms. The van der Waals surface area contributed by atoms with E-state index >= 15 is 0 Å². The second-order valence-electron chi connectivity index (χ2n) is 4.84. The van der Waals surface area contributed by atoms with Crippen LogP contribution in [-0.4, -0.2) is 20.9 Å². The molecule has 2 aromatic carbocycles. The molecule has 0 aliphatic heterocycles. The number of nitrogens with zero attached hydrogens (tertiary/aromatic N) is 1. The van der Waals surface area contributed by atoms with Crippen molar-refractivity contribution in [2.75, 3.05) is 6.61 Å². The number of sulfonamides is 1. The Morgan fingerprint density at radius 1 is 1.24 bits per heavy atom. The molecule has 0 aliphatic rings. The standard InChI is InChI=1S/C16H12ClFN2O4S/c17-13-5-2-1-4-11(13)9-24-10-16(21)20-25(22,23)15-7-3-6-14(18)12(15)8-19/h1-7H,9-10H2,(H,20,21). The molecule has 6 nitrogen and oxygen atoms in total. The summed E-state index contributed by atoms with van der Waals surface area (Å²) in [5.41, 5.74) is -0.0310. The Bertz CT molecular complexity index is 941. The van der Waals surface area contributed by atoms with Gasteiger partial charge in [-0.15, -0.1) is 0 Å². The molecule has 1 amide bonds. The highest BCUT2D eigenvalue weighted by Gasteiger charge is 2.23. The van der Waals surface area contributed by atoms with Crippen LogP contribution < -0.4 is 4.72 Å². The molecule has 0 aliphatic carbocycles. The van der Waals surface area contributed by atoms with Gasteiger partial charge in [0.05, 0.1) is 6.61 Å². The van der Waals surface area contributed by atoms with Crippen LogP contribution in [0.15, 0.2) is 47.4 Å². The van der Waals surface area contributed by atoms with Crippen LogP contribution in [0.25, 0.3) is 0 Å². The molecule has 0 heterocycles. The van der Waals surface area contributed by atoms with E-state index in [1.807, 2.05) is 0 Å². The van der Waals surface area contributed by atoms with Gasteiger partial charge in [0.25, 0.3) is 15.9 Å². The van der Waals surface area contributed by atoms with Crippen molar-refractivity contribution in [1.82, 2.24) is 4.72 Å². The molecule has 0 atom stereocenters. The number of carbonyl (C=O) groups is 1. The number of halogens is 2.